The maximum atomic E-state index is 4.69. The van der Waals surface area contributed by atoms with Crippen molar-refractivity contribution >= 4 is 11.2 Å². The van der Waals surface area contributed by atoms with Gasteiger partial charge in [0, 0.05) is 31.7 Å². The molecule has 0 fully saturated rings. The maximum absolute atomic E-state index is 4.69. The molecule has 4 aromatic heterocycles. The molecule has 0 aliphatic rings. The second-order valence-corrected chi connectivity index (χ2v) is 7.19. The van der Waals surface area contributed by atoms with Crippen LogP contribution in [0.3, 0.4) is 0 Å². The van der Waals surface area contributed by atoms with E-state index < -0.39 is 0 Å². The number of pyridine rings is 3. The molecule has 28 heavy (non-hydrogen) atoms. The number of nitrogens with one attached hydrogen (secondary N) is 1. The van der Waals surface area contributed by atoms with E-state index in [2.05, 4.69) is 57.7 Å². The molecule has 0 saturated carbocycles. The zero-order valence-corrected chi connectivity index (χ0v) is 16.5. The Bertz CT molecular complexity index is 1050. The minimum absolute atomic E-state index is 0.668. The van der Waals surface area contributed by atoms with Gasteiger partial charge in [-0.25, -0.2) is 9.97 Å². The van der Waals surface area contributed by atoms with Gasteiger partial charge in [-0.3, -0.25) is 14.9 Å². The number of aromatic amines is 1. The highest BCUT2D eigenvalue weighted by molar-refractivity contribution is 5.74. The molecule has 142 valence electrons. The number of aromatic nitrogens is 5. The Morgan fingerprint density at radius 1 is 0.750 bits per heavy atom. The Kier molecular flexibility index (Phi) is 5.12. The average molecular weight is 372 g/mol. The summed E-state index contributed by atoms with van der Waals surface area (Å²) in [5.74, 6) is 0.902. The lowest BCUT2D eigenvalue weighted by Gasteiger charge is -2.22. The smallest absolute Gasteiger partial charge is 0.178 e. The molecule has 0 amide bonds. The van der Waals surface area contributed by atoms with Crippen molar-refractivity contribution in [3.8, 4) is 0 Å². The molecular formula is C22H24N6. The quantitative estimate of drug-likeness (QED) is 0.556. The van der Waals surface area contributed by atoms with Crippen molar-refractivity contribution in [2.75, 3.05) is 0 Å². The second-order valence-electron chi connectivity index (χ2n) is 7.19. The van der Waals surface area contributed by atoms with Gasteiger partial charge in [0.1, 0.15) is 5.82 Å². The Balaban J connectivity index is 1.64. The molecule has 4 aromatic rings. The fraction of sp³-hybridized carbons (Fsp3) is 0.273. The monoisotopic (exact) mass is 372 g/mol. The molecule has 6 nitrogen and oxygen atoms in total. The summed E-state index contributed by atoms with van der Waals surface area (Å²) >= 11 is 0. The topological polar surface area (TPSA) is 70.6 Å². The fourth-order valence-corrected chi connectivity index (χ4v) is 3.33. The normalized spacial score (nSPS) is 11.4. The van der Waals surface area contributed by atoms with Crippen molar-refractivity contribution in [2.45, 2.75) is 40.4 Å². The highest BCUT2D eigenvalue weighted by Crippen LogP contribution is 2.18. The molecule has 0 radical (unpaired) electrons. The predicted octanol–water partition coefficient (Wildman–Crippen LogP) is 3.88. The predicted molar refractivity (Wildman–Crippen MR) is 110 cm³/mol. The number of imidazole rings is 1. The van der Waals surface area contributed by atoms with Crippen LogP contribution in [0.4, 0.5) is 0 Å². The van der Waals surface area contributed by atoms with Gasteiger partial charge < -0.3 is 4.98 Å². The number of hydrogen-bond donors (Lipinski definition) is 1. The van der Waals surface area contributed by atoms with E-state index in [0.29, 0.717) is 6.54 Å². The zero-order valence-electron chi connectivity index (χ0n) is 16.5. The van der Waals surface area contributed by atoms with Crippen molar-refractivity contribution in [1.29, 1.82) is 0 Å². The van der Waals surface area contributed by atoms with Crippen LogP contribution in [0.2, 0.25) is 0 Å². The third-order valence-corrected chi connectivity index (χ3v) is 5.01. The van der Waals surface area contributed by atoms with E-state index in [-0.39, 0.29) is 0 Å². The van der Waals surface area contributed by atoms with Gasteiger partial charge in [0.05, 0.1) is 23.4 Å². The number of H-pyrrole nitrogens is 1. The van der Waals surface area contributed by atoms with Crippen LogP contribution in [0.5, 0.6) is 0 Å². The molecular weight excluding hydrogens is 348 g/mol. The first-order chi connectivity index (χ1) is 13.6. The summed E-state index contributed by atoms with van der Waals surface area (Å²) in [5.41, 5.74) is 7.43. The molecule has 0 aromatic carbocycles. The van der Waals surface area contributed by atoms with E-state index in [1.54, 1.807) is 6.20 Å². The average Bonchev–Trinajstić information content (AvgIpc) is 3.09. The third-order valence-electron chi connectivity index (χ3n) is 5.01. The van der Waals surface area contributed by atoms with Crippen LogP contribution in [-0.2, 0) is 19.6 Å². The van der Waals surface area contributed by atoms with E-state index in [1.807, 2.05) is 30.6 Å². The first-order valence-corrected chi connectivity index (χ1v) is 9.43. The second kappa shape index (κ2) is 7.86. The van der Waals surface area contributed by atoms with Gasteiger partial charge in [0.15, 0.2) is 5.65 Å². The van der Waals surface area contributed by atoms with Gasteiger partial charge in [0.2, 0.25) is 0 Å². The van der Waals surface area contributed by atoms with Crippen molar-refractivity contribution in [3.63, 3.8) is 0 Å². The Hall–Kier alpha value is -3.12. The van der Waals surface area contributed by atoms with Crippen LogP contribution < -0.4 is 0 Å². The van der Waals surface area contributed by atoms with E-state index in [9.17, 15) is 0 Å². The number of rotatable bonds is 6. The number of hydrogen-bond acceptors (Lipinski definition) is 5. The van der Waals surface area contributed by atoms with Crippen LogP contribution >= 0.6 is 0 Å². The van der Waals surface area contributed by atoms with Crippen LogP contribution in [0.1, 0.15) is 33.9 Å². The molecule has 6 heteroatoms. The summed E-state index contributed by atoms with van der Waals surface area (Å²) < 4.78 is 0. The first kappa shape index (κ1) is 18.3. The summed E-state index contributed by atoms with van der Waals surface area (Å²) in [6.07, 6.45) is 5.50. The van der Waals surface area contributed by atoms with E-state index in [0.717, 1.165) is 47.0 Å². The molecule has 0 saturated heterocycles. The molecule has 0 aliphatic heterocycles. The number of nitrogens with zero attached hydrogens (tertiary/aromatic N) is 5. The van der Waals surface area contributed by atoms with Crippen LogP contribution in [-0.4, -0.2) is 29.8 Å². The van der Waals surface area contributed by atoms with Crippen molar-refractivity contribution in [2.24, 2.45) is 0 Å². The number of fused-ring (bicyclic) bond motifs is 1. The van der Waals surface area contributed by atoms with E-state index in [1.165, 1.54) is 11.1 Å². The summed E-state index contributed by atoms with van der Waals surface area (Å²) in [4.78, 5) is 24.0. The van der Waals surface area contributed by atoms with Crippen molar-refractivity contribution in [3.05, 3.63) is 82.8 Å². The summed E-state index contributed by atoms with van der Waals surface area (Å²) in [6, 6.07) is 10.1. The molecule has 0 spiro atoms. The highest BCUT2D eigenvalue weighted by Gasteiger charge is 2.15. The maximum Gasteiger partial charge on any atom is 0.178 e. The minimum Gasteiger partial charge on any atom is -0.339 e. The molecule has 0 bridgehead atoms. The van der Waals surface area contributed by atoms with Gasteiger partial charge >= 0.3 is 0 Å². The Morgan fingerprint density at radius 3 is 1.96 bits per heavy atom. The molecule has 0 atom stereocenters. The van der Waals surface area contributed by atoms with Gasteiger partial charge in [-0.05, 0) is 55.7 Å². The van der Waals surface area contributed by atoms with Crippen LogP contribution in [0, 0.1) is 20.8 Å². The SMILES string of the molecule is Cc1cccnc1CN(Cc1nc2nccc(C)c2[nH]1)Cc1ncccc1C. The van der Waals surface area contributed by atoms with Gasteiger partial charge in [0.25, 0.3) is 0 Å². The lowest BCUT2D eigenvalue weighted by molar-refractivity contribution is 0.235. The van der Waals surface area contributed by atoms with Crippen molar-refractivity contribution < 1.29 is 0 Å². The Morgan fingerprint density at radius 2 is 1.39 bits per heavy atom. The summed E-state index contributed by atoms with van der Waals surface area (Å²) in [7, 11) is 0. The largest absolute Gasteiger partial charge is 0.339 e. The molecule has 4 heterocycles. The number of aryl methyl sites for hydroxylation is 3. The van der Waals surface area contributed by atoms with Crippen LogP contribution in [0.25, 0.3) is 11.2 Å². The summed E-state index contributed by atoms with van der Waals surface area (Å²) in [5, 5.41) is 0. The lowest BCUT2D eigenvalue weighted by Crippen LogP contribution is -2.25. The standard InChI is InChI=1S/C22H24N6/c1-15-6-4-9-23-18(15)12-28(13-19-16(2)7-5-10-24-19)14-20-26-21-17(3)8-11-25-22(21)27-20/h4-11H,12-14H2,1-3H3,(H,25,26,27). The molecule has 0 aliphatic carbocycles. The third kappa shape index (κ3) is 3.92. The first-order valence-electron chi connectivity index (χ1n) is 9.43. The van der Waals surface area contributed by atoms with Crippen molar-refractivity contribution in [1.82, 2.24) is 29.8 Å². The summed E-state index contributed by atoms with van der Waals surface area (Å²) in [6.45, 7) is 8.39. The zero-order chi connectivity index (χ0) is 19.5. The minimum atomic E-state index is 0.668. The van der Waals surface area contributed by atoms with Gasteiger partial charge in [-0.2, -0.15) is 0 Å². The lowest BCUT2D eigenvalue weighted by atomic mass is 10.1. The van der Waals surface area contributed by atoms with E-state index >= 15 is 0 Å². The molecule has 4 rings (SSSR count). The fourth-order valence-electron chi connectivity index (χ4n) is 3.33. The van der Waals surface area contributed by atoms with Gasteiger partial charge in [-0.1, -0.05) is 12.1 Å². The molecule has 1 N–H and O–H groups in total. The van der Waals surface area contributed by atoms with E-state index in [4.69, 9.17) is 4.98 Å². The van der Waals surface area contributed by atoms with Gasteiger partial charge in [-0.15, -0.1) is 0 Å². The highest BCUT2D eigenvalue weighted by atomic mass is 15.2. The van der Waals surface area contributed by atoms with Crippen LogP contribution in [0.15, 0.2) is 48.9 Å². The molecule has 0 unspecified atom stereocenters. The Labute approximate surface area is 164 Å².